The normalized spacial score (nSPS) is 18.0. The SMILES string of the molecule is COc1ccc2c(c1OC)CN1CCc3cc(CC(=O)CCl)c(O)cc3C1C2. The number of hydrogen-bond donors (Lipinski definition) is 1. The predicted octanol–water partition coefficient (Wildman–Crippen LogP) is 3.42. The molecule has 0 spiro atoms. The molecule has 1 atom stereocenters. The first-order valence-electron chi connectivity index (χ1n) is 9.44. The Morgan fingerprint density at radius 1 is 1.25 bits per heavy atom. The predicted molar refractivity (Wildman–Crippen MR) is 108 cm³/mol. The van der Waals surface area contributed by atoms with Gasteiger partial charge in [-0.3, -0.25) is 9.69 Å². The van der Waals surface area contributed by atoms with Gasteiger partial charge in [0.05, 0.1) is 20.1 Å². The molecule has 6 heteroatoms. The van der Waals surface area contributed by atoms with Crippen LogP contribution >= 0.6 is 11.6 Å². The second kappa shape index (κ2) is 7.64. The molecule has 2 aromatic carbocycles. The van der Waals surface area contributed by atoms with E-state index in [9.17, 15) is 9.90 Å². The summed E-state index contributed by atoms with van der Waals surface area (Å²) < 4.78 is 11.1. The zero-order chi connectivity index (χ0) is 19.8. The number of phenols is 1. The fraction of sp³-hybridized carbons (Fsp3) is 0.409. The number of nitrogens with zero attached hydrogens (tertiary/aromatic N) is 1. The summed E-state index contributed by atoms with van der Waals surface area (Å²) in [6.45, 7) is 1.71. The zero-order valence-electron chi connectivity index (χ0n) is 16.1. The summed E-state index contributed by atoms with van der Waals surface area (Å²) in [6.07, 6.45) is 1.91. The highest BCUT2D eigenvalue weighted by Gasteiger charge is 2.34. The second-order valence-electron chi connectivity index (χ2n) is 7.41. The van der Waals surface area contributed by atoms with Crippen LogP contribution in [0.15, 0.2) is 24.3 Å². The fourth-order valence-corrected chi connectivity index (χ4v) is 4.58. The van der Waals surface area contributed by atoms with E-state index in [-0.39, 0.29) is 29.9 Å². The highest BCUT2D eigenvalue weighted by molar-refractivity contribution is 6.27. The molecule has 28 heavy (non-hydrogen) atoms. The number of phenolic OH excluding ortho intramolecular Hbond substituents is 1. The van der Waals surface area contributed by atoms with E-state index in [2.05, 4.69) is 11.0 Å². The van der Waals surface area contributed by atoms with Crippen molar-refractivity contribution in [2.24, 2.45) is 0 Å². The lowest BCUT2D eigenvalue weighted by Crippen LogP contribution is -2.39. The van der Waals surface area contributed by atoms with Crippen LogP contribution in [0.4, 0.5) is 0 Å². The number of carbonyl (C=O) groups is 1. The van der Waals surface area contributed by atoms with E-state index in [1.54, 1.807) is 14.2 Å². The molecule has 2 aromatic rings. The van der Waals surface area contributed by atoms with Crippen molar-refractivity contribution < 1.29 is 19.4 Å². The van der Waals surface area contributed by atoms with Gasteiger partial charge in [-0.25, -0.2) is 0 Å². The number of fused-ring (bicyclic) bond motifs is 4. The first-order chi connectivity index (χ1) is 13.5. The van der Waals surface area contributed by atoms with Crippen LogP contribution in [-0.4, -0.2) is 42.4 Å². The van der Waals surface area contributed by atoms with E-state index in [0.29, 0.717) is 5.56 Å². The van der Waals surface area contributed by atoms with Crippen molar-refractivity contribution in [2.45, 2.75) is 31.8 Å². The molecule has 0 amide bonds. The van der Waals surface area contributed by atoms with Crippen LogP contribution in [0.3, 0.4) is 0 Å². The van der Waals surface area contributed by atoms with Crippen LogP contribution < -0.4 is 9.47 Å². The molecule has 1 unspecified atom stereocenters. The van der Waals surface area contributed by atoms with E-state index >= 15 is 0 Å². The lowest BCUT2D eigenvalue weighted by Gasteiger charge is -2.42. The molecule has 4 rings (SSSR count). The Morgan fingerprint density at radius 2 is 2.07 bits per heavy atom. The van der Waals surface area contributed by atoms with Crippen molar-refractivity contribution in [3.05, 3.63) is 52.1 Å². The number of carbonyl (C=O) groups excluding carboxylic acids is 1. The Balaban J connectivity index is 1.70. The van der Waals surface area contributed by atoms with Crippen LogP contribution in [0.5, 0.6) is 17.2 Å². The van der Waals surface area contributed by atoms with Crippen LogP contribution in [0.1, 0.15) is 33.9 Å². The number of ether oxygens (including phenoxy) is 2. The first kappa shape index (κ1) is 19.1. The maximum Gasteiger partial charge on any atom is 0.165 e. The molecule has 0 aromatic heterocycles. The molecule has 0 bridgehead atoms. The number of aromatic hydroxyl groups is 1. The topological polar surface area (TPSA) is 59.0 Å². The van der Waals surface area contributed by atoms with Gasteiger partial charge in [0.15, 0.2) is 17.3 Å². The number of alkyl halides is 1. The molecule has 2 aliphatic heterocycles. The Labute approximate surface area is 169 Å². The molecule has 148 valence electrons. The van der Waals surface area contributed by atoms with Crippen LogP contribution in [0.25, 0.3) is 0 Å². The molecule has 2 heterocycles. The van der Waals surface area contributed by atoms with E-state index < -0.39 is 0 Å². The minimum Gasteiger partial charge on any atom is -0.508 e. The van der Waals surface area contributed by atoms with Gasteiger partial charge < -0.3 is 14.6 Å². The third-order valence-electron chi connectivity index (χ3n) is 5.87. The molecule has 0 fully saturated rings. The minimum atomic E-state index is -0.0815. The quantitative estimate of drug-likeness (QED) is 0.778. The maximum atomic E-state index is 11.7. The van der Waals surface area contributed by atoms with Gasteiger partial charge in [-0.2, -0.15) is 0 Å². The highest BCUT2D eigenvalue weighted by Crippen LogP contribution is 2.44. The summed E-state index contributed by atoms with van der Waals surface area (Å²) in [7, 11) is 3.33. The van der Waals surface area contributed by atoms with Crippen molar-refractivity contribution in [3.8, 4) is 17.2 Å². The van der Waals surface area contributed by atoms with Crippen molar-refractivity contribution >= 4 is 17.4 Å². The van der Waals surface area contributed by atoms with E-state index in [1.807, 2.05) is 18.2 Å². The third-order valence-corrected chi connectivity index (χ3v) is 6.16. The fourth-order valence-electron chi connectivity index (χ4n) is 4.48. The average molecular weight is 402 g/mol. The van der Waals surface area contributed by atoms with Gasteiger partial charge in [0.1, 0.15) is 5.75 Å². The summed E-state index contributed by atoms with van der Waals surface area (Å²) >= 11 is 5.63. The number of halogens is 1. The molecule has 0 aliphatic carbocycles. The molecular weight excluding hydrogens is 378 g/mol. The Kier molecular flexibility index (Phi) is 5.21. The first-order valence-corrected chi connectivity index (χ1v) is 9.98. The number of rotatable bonds is 5. The monoisotopic (exact) mass is 401 g/mol. The van der Waals surface area contributed by atoms with Gasteiger partial charge in [0.25, 0.3) is 0 Å². The van der Waals surface area contributed by atoms with Gasteiger partial charge in [-0.05, 0) is 41.7 Å². The lowest BCUT2D eigenvalue weighted by atomic mass is 9.82. The standard InChI is InChI=1S/C22H24ClNO4/c1-27-21-4-3-13-9-19-17-10-20(26)15(8-16(25)11-23)7-14(17)5-6-24(19)12-18(13)22(21)28-2/h3-4,7,10,19,26H,5-6,8-9,11-12H2,1-2H3. The number of Topliss-reactive ketones (excluding diaryl/α,β-unsaturated/α-hetero) is 1. The molecule has 0 saturated carbocycles. The minimum absolute atomic E-state index is 0.0327. The number of methoxy groups -OCH3 is 2. The summed E-state index contributed by atoms with van der Waals surface area (Å²) in [5, 5.41) is 10.5. The van der Waals surface area contributed by atoms with Gasteiger partial charge in [0, 0.05) is 36.7 Å². The zero-order valence-corrected chi connectivity index (χ0v) is 16.9. The van der Waals surface area contributed by atoms with Gasteiger partial charge in [-0.15, -0.1) is 11.6 Å². The molecule has 0 saturated heterocycles. The van der Waals surface area contributed by atoms with Gasteiger partial charge >= 0.3 is 0 Å². The number of benzene rings is 2. The Hall–Kier alpha value is -2.24. The largest absolute Gasteiger partial charge is 0.508 e. The summed E-state index contributed by atoms with van der Waals surface area (Å²) in [4.78, 5) is 14.1. The second-order valence-corrected chi connectivity index (χ2v) is 7.68. The Morgan fingerprint density at radius 3 is 2.79 bits per heavy atom. The number of ketones is 1. The van der Waals surface area contributed by atoms with E-state index in [1.165, 1.54) is 16.7 Å². The highest BCUT2D eigenvalue weighted by atomic mass is 35.5. The summed E-state index contributed by atoms with van der Waals surface area (Å²) in [5.74, 6) is 1.62. The number of hydrogen-bond acceptors (Lipinski definition) is 5. The Bertz CT molecular complexity index is 927. The molecule has 5 nitrogen and oxygen atoms in total. The van der Waals surface area contributed by atoms with Crippen LogP contribution in [0, 0.1) is 0 Å². The van der Waals surface area contributed by atoms with E-state index in [0.717, 1.165) is 43.0 Å². The summed E-state index contributed by atoms with van der Waals surface area (Å²) in [5.41, 5.74) is 5.44. The van der Waals surface area contributed by atoms with Crippen molar-refractivity contribution in [1.82, 2.24) is 4.90 Å². The third kappa shape index (κ3) is 3.23. The van der Waals surface area contributed by atoms with Gasteiger partial charge in [-0.1, -0.05) is 12.1 Å². The lowest BCUT2D eigenvalue weighted by molar-refractivity contribution is -0.116. The van der Waals surface area contributed by atoms with Crippen molar-refractivity contribution in [3.63, 3.8) is 0 Å². The summed E-state index contributed by atoms with van der Waals surface area (Å²) in [6, 6.07) is 8.09. The van der Waals surface area contributed by atoms with Gasteiger partial charge in [0.2, 0.25) is 0 Å². The average Bonchev–Trinajstić information content (AvgIpc) is 2.72. The van der Waals surface area contributed by atoms with Crippen LogP contribution in [0.2, 0.25) is 0 Å². The molecule has 2 aliphatic rings. The molecular formula is C22H24ClNO4. The van der Waals surface area contributed by atoms with Crippen molar-refractivity contribution in [1.29, 1.82) is 0 Å². The van der Waals surface area contributed by atoms with E-state index in [4.69, 9.17) is 21.1 Å². The smallest absolute Gasteiger partial charge is 0.165 e. The maximum absolute atomic E-state index is 11.7. The molecule has 0 radical (unpaired) electrons. The van der Waals surface area contributed by atoms with Crippen molar-refractivity contribution in [2.75, 3.05) is 26.6 Å². The van der Waals surface area contributed by atoms with Crippen LogP contribution in [-0.2, 0) is 30.6 Å². The molecule has 1 N–H and O–H groups in total.